The minimum atomic E-state index is -0.920. The van der Waals surface area contributed by atoms with Crippen LogP contribution in [0.1, 0.15) is 43.0 Å². The van der Waals surface area contributed by atoms with E-state index in [1.54, 1.807) is 11.0 Å². The number of carbonyl (C=O) groups is 1. The Balaban J connectivity index is 1.34. The first-order valence-corrected chi connectivity index (χ1v) is 9.93. The SMILES string of the molecule is N#Cc1cc(N2CCC3(CC2)OC2CCC(c4cc(F)cc(F)c4)N2C3=O)ncn1. The maximum absolute atomic E-state index is 13.7. The van der Waals surface area contributed by atoms with Crippen LogP contribution in [0.4, 0.5) is 14.6 Å². The monoisotopic (exact) mass is 411 g/mol. The van der Waals surface area contributed by atoms with Gasteiger partial charge in [0.05, 0.1) is 6.04 Å². The zero-order valence-electron chi connectivity index (χ0n) is 16.1. The number of rotatable bonds is 2. The van der Waals surface area contributed by atoms with E-state index in [1.165, 1.54) is 18.5 Å². The smallest absolute Gasteiger partial charge is 0.257 e. The van der Waals surface area contributed by atoms with E-state index in [9.17, 15) is 13.6 Å². The van der Waals surface area contributed by atoms with E-state index in [1.807, 2.05) is 11.0 Å². The first kappa shape index (κ1) is 18.9. The van der Waals surface area contributed by atoms with E-state index >= 15 is 0 Å². The molecule has 7 nitrogen and oxygen atoms in total. The van der Waals surface area contributed by atoms with Gasteiger partial charge in [-0.05, 0) is 30.5 Å². The molecular formula is C21H19F2N5O2. The number of anilines is 1. The van der Waals surface area contributed by atoms with E-state index in [4.69, 9.17) is 10.00 Å². The van der Waals surface area contributed by atoms with Crippen molar-refractivity contribution in [3.8, 4) is 6.07 Å². The molecule has 0 bridgehead atoms. The average molecular weight is 411 g/mol. The van der Waals surface area contributed by atoms with Gasteiger partial charge in [0.25, 0.3) is 5.91 Å². The predicted molar refractivity (Wildman–Crippen MR) is 101 cm³/mol. The number of hydrogen-bond donors (Lipinski definition) is 0. The molecule has 3 saturated heterocycles. The number of benzene rings is 1. The van der Waals surface area contributed by atoms with Crippen molar-refractivity contribution < 1.29 is 18.3 Å². The summed E-state index contributed by atoms with van der Waals surface area (Å²) < 4.78 is 33.7. The summed E-state index contributed by atoms with van der Waals surface area (Å²) in [6.45, 7) is 1.10. The second kappa shape index (κ2) is 6.99. The van der Waals surface area contributed by atoms with Gasteiger partial charge in [0.15, 0.2) is 5.60 Å². The molecule has 1 spiro atoms. The number of nitrogens with zero attached hydrogens (tertiary/aromatic N) is 5. The first-order chi connectivity index (χ1) is 14.5. The van der Waals surface area contributed by atoms with E-state index in [-0.39, 0.29) is 18.2 Å². The highest BCUT2D eigenvalue weighted by atomic mass is 19.1. The van der Waals surface area contributed by atoms with Crippen molar-refractivity contribution in [2.75, 3.05) is 18.0 Å². The minimum Gasteiger partial charge on any atom is -0.356 e. The topological polar surface area (TPSA) is 82.4 Å². The number of ether oxygens (including phenoxy) is 1. The van der Waals surface area contributed by atoms with Crippen LogP contribution in [0, 0.1) is 23.0 Å². The normalized spacial score (nSPS) is 24.9. The molecule has 0 aliphatic carbocycles. The van der Waals surface area contributed by atoms with E-state index < -0.39 is 17.2 Å². The maximum Gasteiger partial charge on any atom is 0.257 e. The van der Waals surface area contributed by atoms with Crippen LogP contribution in [-0.4, -0.2) is 45.7 Å². The Hall–Kier alpha value is -3.12. The highest BCUT2D eigenvalue weighted by Gasteiger charge is 2.58. The Morgan fingerprint density at radius 1 is 1.10 bits per heavy atom. The molecule has 3 aliphatic heterocycles. The van der Waals surface area contributed by atoms with Crippen molar-refractivity contribution in [2.45, 2.75) is 43.6 Å². The number of carbonyl (C=O) groups excluding carboxylic acids is 1. The lowest BCUT2D eigenvalue weighted by molar-refractivity contribution is -0.140. The molecule has 9 heteroatoms. The van der Waals surface area contributed by atoms with E-state index in [0.29, 0.717) is 55.8 Å². The van der Waals surface area contributed by atoms with Gasteiger partial charge in [-0.1, -0.05) is 0 Å². The van der Waals surface area contributed by atoms with Crippen molar-refractivity contribution in [2.24, 2.45) is 0 Å². The highest BCUT2D eigenvalue weighted by Crippen LogP contribution is 2.48. The molecule has 0 radical (unpaired) electrons. The molecule has 2 unspecified atom stereocenters. The van der Waals surface area contributed by atoms with E-state index in [2.05, 4.69) is 9.97 Å². The standard InChI is InChI=1S/C21H19F2N5O2/c22-14-7-13(8-15(23)9-14)17-1-2-19-28(17)20(29)21(30-19)3-5-27(6-4-21)18-10-16(11-24)25-12-26-18/h7-10,12,17,19H,1-6H2. The second-order valence-corrected chi connectivity index (χ2v) is 7.94. The van der Waals surface area contributed by atoms with E-state index in [0.717, 1.165) is 6.07 Å². The average Bonchev–Trinajstić information content (AvgIpc) is 3.26. The first-order valence-electron chi connectivity index (χ1n) is 9.93. The zero-order chi connectivity index (χ0) is 20.9. The van der Waals surface area contributed by atoms with Gasteiger partial charge in [-0.2, -0.15) is 5.26 Å². The molecule has 154 valence electrons. The quantitative estimate of drug-likeness (QED) is 0.756. The molecule has 5 rings (SSSR count). The molecule has 0 saturated carbocycles. The third-order valence-electron chi connectivity index (χ3n) is 6.25. The molecule has 3 aliphatic rings. The molecule has 3 fully saturated rings. The van der Waals surface area contributed by atoms with Crippen molar-refractivity contribution in [1.29, 1.82) is 5.26 Å². The number of fused-ring (bicyclic) bond motifs is 1. The lowest BCUT2D eigenvalue weighted by atomic mass is 9.89. The van der Waals surface area contributed by atoms with Crippen LogP contribution in [-0.2, 0) is 9.53 Å². The molecule has 2 atom stereocenters. The molecule has 4 heterocycles. The molecule has 1 aromatic heterocycles. The molecule has 1 aromatic carbocycles. The second-order valence-electron chi connectivity index (χ2n) is 7.94. The summed E-state index contributed by atoms with van der Waals surface area (Å²) in [4.78, 5) is 25.2. The van der Waals surface area contributed by atoms with Crippen LogP contribution in [0.15, 0.2) is 30.6 Å². The summed E-state index contributed by atoms with van der Waals surface area (Å²) in [5, 5.41) is 9.03. The number of hydrogen-bond acceptors (Lipinski definition) is 6. The van der Waals surface area contributed by atoms with Gasteiger partial charge in [0.2, 0.25) is 0 Å². The highest BCUT2D eigenvalue weighted by molar-refractivity contribution is 5.88. The summed E-state index contributed by atoms with van der Waals surface area (Å²) in [6, 6.07) is 6.66. The van der Waals surface area contributed by atoms with Crippen molar-refractivity contribution in [1.82, 2.24) is 14.9 Å². The van der Waals surface area contributed by atoms with Gasteiger partial charge in [0.1, 0.15) is 41.8 Å². The number of amides is 1. The summed E-state index contributed by atoms with van der Waals surface area (Å²) in [7, 11) is 0. The summed E-state index contributed by atoms with van der Waals surface area (Å²) >= 11 is 0. The van der Waals surface area contributed by atoms with Crippen LogP contribution >= 0.6 is 0 Å². The Morgan fingerprint density at radius 2 is 1.83 bits per heavy atom. The van der Waals surface area contributed by atoms with Crippen molar-refractivity contribution >= 4 is 11.7 Å². The zero-order valence-corrected chi connectivity index (χ0v) is 16.1. The minimum absolute atomic E-state index is 0.111. The molecule has 1 amide bonds. The summed E-state index contributed by atoms with van der Waals surface area (Å²) in [6.07, 6.45) is 3.19. The Bertz CT molecular complexity index is 1030. The van der Waals surface area contributed by atoms with Crippen LogP contribution in [0.3, 0.4) is 0 Å². The number of nitriles is 1. The van der Waals surface area contributed by atoms with Crippen molar-refractivity contribution in [3.05, 3.63) is 53.5 Å². The fourth-order valence-corrected chi connectivity index (χ4v) is 4.82. The summed E-state index contributed by atoms with van der Waals surface area (Å²) in [5.74, 6) is -0.758. The third kappa shape index (κ3) is 2.99. The fourth-order valence-electron chi connectivity index (χ4n) is 4.82. The van der Waals surface area contributed by atoms with Gasteiger partial charge >= 0.3 is 0 Å². The van der Waals surface area contributed by atoms with Gasteiger partial charge in [-0.25, -0.2) is 18.7 Å². The molecule has 0 N–H and O–H groups in total. The lowest BCUT2D eigenvalue weighted by Crippen LogP contribution is -2.50. The molecule has 30 heavy (non-hydrogen) atoms. The molecular weight excluding hydrogens is 392 g/mol. The van der Waals surface area contributed by atoms with Gasteiger partial charge in [0, 0.05) is 38.1 Å². The largest absolute Gasteiger partial charge is 0.356 e. The number of halogens is 2. The van der Waals surface area contributed by atoms with Crippen LogP contribution in [0.2, 0.25) is 0 Å². The third-order valence-corrected chi connectivity index (χ3v) is 6.25. The number of piperidine rings is 1. The predicted octanol–water partition coefficient (Wildman–Crippen LogP) is 2.69. The maximum atomic E-state index is 13.7. The molecule has 2 aromatic rings. The van der Waals surface area contributed by atoms with Crippen LogP contribution in [0.5, 0.6) is 0 Å². The number of aromatic nitrogens is 2. The van der Waals surface area contributed by atoms with Crippen molar-refractivity contribution in [3.63, 3.8) is 0 Å². The lowest BCUT2D eigenvalue weighted by Gasteiger charge is -2.38. The van der Waals surface area contributed by atoms with Crippen LogP contribution in [0.25, 0.3) is 0 Å². The van der Waals surface area contributed by atoms with Gasteiger partial charge in [-0.3, -0.25) is 4.79 Å². The Labute approximate surface area is 171 Å². The van der Waals surface area contributed by atoms with Gasteiger partial charge < -0.3 is 14.5 Å². The Kier molecular flexibility index (Phi) is 4.40. The Morgan fingerprint density at radius 3 is 2.53 bits per heavy atom. The van der Waals surface area contributed by atoms with Crippen LogP contribution < -0.4 is 4.90 Å². The summed E-state index contributed by atoms with van der Waals surface area (Å²) in [5.41, 5.74) is -0.165. The van der Waals surface area contributed by atoms with Gasteiger partial charge in [-0.15, -0.1) is 0 Å². The fraction of sp³-hybridized carbons (Fsp3) is 0.429.